The third-order valence-electron chi connectivity index (χ3n) is 5.21. The van der Waals surface area contributed by atoms with Gasteiger partial charge in [-0.15, -0.1) is 0 Å². The number of nitrogens with zero attached hydrogens (tertiary/aromatic N) is 3. The van der Waals surface area contributed by atoms with Crippen LogP contribution in [0.3, 0.4) is 0 Å². The van der Waals surface area contributed by atoms with Gasteiger partial charge in [0.25, 0.3) is 11.8 Å². The molecule has 4 rings (SSSR count). The van der Waals surface area contributed by atoms with E-state index in [4.69, 9.17) is 28.9 Å². The number of aromatic nitrogens is 3. The number of carbonyl (C=O) groups is 3. The predicted octanol–water partition coefficient (Wildman–Crippen LogP) is 3.64. The second-order valence-corrected chi connectivity index (χ2v) is 8.35. The molecule has 2 heterocycles. The van der Waals surface area contributed by atoms with Crippen LogP contribution < -0.4 is 11.1 Å². The number of nitrogens with two attached hydrogens (primary N) is 1. The first-order valence-electron chi connectivity index (χ1n) is 10.5. The smallest absolute Gasteiger partial charge is 0.287 e. The fourth-order valence-electron chi connectivity index (χ4n) is 3.51. The van der Waals surface area contributed by atoms with Crippen molar-refractivity contribution in [2.24, 2.45) is 5.73 Å². The molecule has 0 saturated heterocycles. The third-order valence-corrected chi connectivity index (χ3v) is 6.03. The molecule has 2 amide bonds. The van der Waals surface area contributed by atoms with E-state index in [-0.39, 0.29) is 17.8 Å². The molecule has 1 atom stereocenters. The number of rotatable bonds is 8. The Hall–Kier alpha value is -4.01. The second kappa shape index (κ2) is 10.5. The lowest BCUT2D eigenvalue weighted by Gasteiger charge is -2.17. The van der Waals surface area contributed by atoms with E-state index in [1.54, 1.807) is 66.9 Å². The second-order valence-electron chi connectivity index (χ2n) is 7.57. The Bertz CT molecular complexity index is 1410. The predicted molar refractivity (Wildman–Crippen MR) is 132 cm³/mol. The maximum atomic E-state index is 13.2. The Labute approximate surface area is 210 Å². The first kappa shape index (κ1) is 24.1. The number of hydrogen-bond acceptors (Lipinski definition) is 5. The molecule has 3 N–H and O–H groups in total. The van der Waals surface area contributed by atoms with Gasteiger partial charge in [0.05, 0.1) is 21.3 Å². The zero-order valence-electron chi connectivity index (χ0n) is 18.2. The summed E-state index contributed by atoms with van der Waals surface area (Å²) in [4.78, 5) is 41.5. The van der Waals surface area contributed by atoms with Gasteiger partial charge in [0.15, 0.2) is 5.82 Å². The summed E-state index contributed by atoms with van der Waals surface area (Å²) in [5.74, 6) is -2.42. The van der Waals surface area contributed by atoms with Crippen LogP contribution in [0.5, 0.6) is 0 Å². The highest BCUT2D eigenvalue weighted by Gasteiger charge is 2.27. The third kappa shape index (κ3) is 5.40. The summed E-state index contributed by atoms with van der Waals surface area (Å²) in [5.41, 5.74) is 7.27. The van der Waals surface area contributed by atoms with Crippen LogP contribution in [0.1, 0.15) is 15.9 Å². The summed E-state index contributed by atoms with van der Waals surface area (Å²) in [6.45, 7) is 0. The minimum absolute atomic E-state index is 0.100. The van der Waals surface area contributed by atoms with Crippen molar-refractivity contribution < 1.29 is 14.4 Å². The van der Waals surface area contributed by atoms with Gasteiger partial charge in [-0.25, -0.2) is 9.67 Å². The molecule has 0 spiro atoms. The van der Waals surface area contributed by atoms with E-state index in [1.807, 2.05) is 6.07 Å². The SMILES string of the molecule is NC(=O)C(=O)C(Cc1ccccc1)NC(=O)c1cccnc1-n1ccc(-c2cccc(Cl)c2Cl)n1. The number of primary amides is 1. The Morgan fingerprint density at radius 3 is 2.49 bits per heavy atom. The van der Waals surface area contributed by atoms with E-state index in [1.165, 1.54) is 10.9 Å². The van der Waals surface area contributed by atoms with Crippen LogP contribution in [-0.4, -0.2) is 38.4 Å². The number of nitrogens with one attached hydrogen (secondary N) is 1. The van der Waals surface area contributed by atoms with Crippen molar-refractivity contribution in [2.45, 2.75) is 12.5 Å². The lowest BCUT2D eigenvalue weighted by atomic mass is 10.0. The minimum Gasteiger partial charge on any atom is -0.363 e. The van der Waals surface area contributed by atoms with Crippen LogP contribution >= 0.6 is 23.2 Å². The fraction of sp³-hybridized carbons (Fsp3) is 0.0800. The van der Waals surface area contributed by atoms with Crippen molar-refractivity contribution in [1.29, 1.82) is 0 Å². The van der Waals surface area contributed by atoms with Gasteiger partial charge >= 0.3 is 0 Å². The molecule has 1 unspecified atom stereocenters. The molecule has 10 heteroatoms. The van der Waals surface area contributed by atoms with Crippen molar-refractivity contribution >= 4 is 40.8 Å². The zero-order valence-corrected chi connectivity index (χ0v) is 19.7. The molecule has 0 fully saturated rings. The summed E-state index contributed by atoms with van der Waals surface area (Å²) in [7, 11) is 0. The standard InChI is InChI=1S/C25H19Cl2N5O3/c26-18-10-4-8-16(21(18)27)19-11-13-32(31-19)24-17(9-5-12-29-24)25(35)30-20(22(33)23(28)34)14-15-6-2-1-3-7-15/h1-13,20H,14H2,(H2,28,34)(H,30,35). The number of amides is 2. The van der Waals surface area contributed by atoms with E-state index in [0.717, 1.165) is 5.56 Å². The van der Waals surface area contributed by atoms with Crippen LogP contribution in [0, 0.1) is 0 Å². The van der Waals surface area contributed by atoms with Gasteiger partial charge < -0.3 is 11.1 Å². The van der Waals surface area contributed by atoms with E-state index in [9.17, 15) is 14.4 Å². The number of benzene rings is 2. The number of pyridine rings is 1. The van der Waals surface area contributed by atoms with Gasteiger partial charge in [0.1, 0.15) is 6.04 Å². The van der Waals surface area contributed by atoms with E-state index < -0.39 is 23.6 Å². The van der Waals surface area contributed by atoms with Crippen molar-refractivity contribution in [3.63, 3.8) is 0 Å². The minimum atomic E-state index is -1.14. The first-order chi connectivity index (χ1) is 16.8. The molecule has 0 aliphatic carbocycles. The number of halogens is 2. The lowest BCUT2D eigenvalue weighted by Crippen LogP contribution is -2.47. The van der Waals surface area contributed by atoms with Crippen molar-refractivity contribution in [3.8, 4) is 17.1 Å². The monoisotopic (exact) mass is 507 g/mol. The normalized spacial score (nSPS) is 11.6. The molecule has 8 nitrogen and oxygen atoms in total. The van der Waals surface area contributed by atoms with Crippen molar-refractivity contribution in [1.82, 2.24) is 20.1 Å². The van der Waals surface area contributed by atoms with Gasteiger partial charge in [-0.3, -0.25) is 14.4 Å². The van der Waals surface area contributed by atoms with E-state index >= 15 is 0 Å². The summed E-state index contributed by atoms with van der Waals surface area (Å²) in [6.07, 6.45) is 3.24. The van der Waals surface area contributed by atoms with E-state index in [0.29, 0.717) is 21.3 Å². The van der Waals surface area contributed by atoms with Crippen molar-refractivity contribution in [3.05, 3.63) is 100 Å². The molecule has 0 radical (unpaired) electrons. The highest BCUT2D eigenvalue weighted by Crippen LogP contribution is 2.32. The molecule has 35 heavy (non-hydrogen) atoms. The summed E-state index contributed by atoms with van der Waals surface area (Å²) in [6, 6.07) is 17.9. The van der Waals surface area contributed by atoms with Gasteiger partial charge in [-0.1, -0.05) is 65.7 Å². The Morgan fingerprint density at radius 2 is 1.74 bits per heavy atom. The molecule has 2 aromatic heterocycles. The molecular weight excluding hydrogens is 489 g/mol. The first-order valence-corrected chi connectivity index (χ1v) is 11.2. The molecule has 0 bridgehead atoms. The highest BCUT2D eigenvalue weighted by molar-refractivity contribution is 6.43. The lowest BCUT2D eigenvalue weighted by molar-refractivity contribution is -0.137. The summed E-state index contributed by atoms with van der Waals surface area (Å²) in [5, 5.41) is 7.86. The van der Waals surface area contributed by atoms with Crippen LogP contribution in [0.15, 0.2) is 79.1 Å². The maximum absolute atomic E-state index is 13.2. The largest absolute Gasteiger partial charge is 0.363 e. The van der Waals surface area contributed by atoms with Gasteiger partial charge in [-0.2, -0.15) is 5.10 Å². The Kier molecular flexibility index (Phi) is 7.24. The number of hydrogen-bond donors (Lipinski definition) is 2. The molecule has 0 aliphatic rings. The zero-order chi connectivity index (χ0) is 24.9. The van der Waals surface area contributed by atoms with Gasteiger partial charge in [-0.05, 0) is 29.8 Å². The van der Waals surface area contributed by atoms with Crippen molar-refractivity contribution in [2.75, 3.05) is 0 Å². The average Bonchev–Trinajstić information content (AvgIpc) is 3.35. The van der Waals surface area contributed by atoms with Gasteiger partial charge in [0.2, 0.25) is 5.78 Å². The Morgan fingerprint density at radius 1 is 0.971 bits per heavy atom. The molecule has 0 saturated carbocycles. The highest BCUT2D eigenvalue weighted by atomic mass is 35.5. The maximum Gasteiger partial charge on any atom is 0.287 e. The molecule has 0 aliphatic heterocycles. The summed E-state index contributed by atoms with van der Waals surface area (Å²) < 4.78 is 1.42. The number of carbonyl (C=O) groups excluding carboxylic acids is 3. The molecule has 176 valence electrons. The molecule has 2 aromatic carbocycles. The van der Waals surface area contributed by atoms with Crippen LogP contribution in [0.2, 0.25) is 10.0 Å². The Balaban J connectivity index is 1.63. The average molecular weight is 508 g/mol. The summed E-state index contributed by atoms with van der Waals surface area (Å²) >= 11 is 12.4. The number of ketones is 1. The quantitative estimate of drug-likeness (QED) is 0.352. The van der Waals surface area contributed by atoms with Crippen LogP contribution in [0.4, 0.5) is 0 Å². The van der Waals surface area contributed by atoms with Crippen LogP contribution in [0.25, 0.3) is 17.1 Å². The number of Topliss-reactive ketones (excluding diaryl/α,β-unsaturated/α-hetero) is 1. The topological polar surface area (TPSA) is 120 Å². The fourth-order valence-corrected chi connectivity index (χ4v) is 3.91. The molecular formula is C25H19Cl2N5O3. The van der Waals surface area contributed by atoms with Gasteiger partial charge in [0, 0.05) is 24.4 Å². The van der Waals surface area contributed by atoms with Crippen LogP contribution in [-0.2, 0) is 16.0 Å². The molecule has 4 aromatic rings. The van der Waals surface area contributed by atoms with E-state index in [2.05, 4.69) is 15.4 Å².